The van der Waals surface area contributed by atoms with E-state index >= 15 is 0 Å². The Kier molecular flexibility index (Phi) is 16.1. The molecule has 0 aliphatic carbocycles. The van der Waals surface area contributed by atoms with Crippen molar-refractivity contribution in [2.75, 3.05) is 33.8 Å². The van der Waals surface area contributed by atoms with Crippen molar-refractivity contribution in [1.82, 2.24) is 0 Å². The highest BCUT2D eigenvalue weighted by molar-refractivity contribution is 8.93. The van der Waals surface area contributed by atoms with Crippen LogP contribution in [-0.2, 0) is 4.79 Å². The van der Waals surface area contributed by atoms with Gasteiger partial charge in [0.1, 0.15) is 6.54 Å². The zero-order valence-corrected chi connectivity index (χ0v) is 11.8. The Balaban J connectivity index is -0.000000292. The van der Waals surface area contributed by atoms with Crippen LogP contribution in [0.25, 0.3) is 0 Å². The lowest BCUT2D eigenvalue weighted by Crippen LogP contribution is -2.42. The summed E-state index contributed by atoms with van der Waals surface area (Å²) in [6.45, 7) is 2.93. The predicted octanol–water partition coefficient (Wildman–Crippen LogP) is -0.307. The molecule has 6 heteroatoms. The van der Waals surface area contributed by atoms with Crippen LogP contribution in [0.3, 0.4) is 0 Å². The molecule has 96 valence electrons. The number of carboxylic acid groups (broad SMARTS) is 1. The van der Waals surface area contributed by atoms with Crippen molar-refractivity contribution < 1.29 is 19.5 Å². The van der Waals surface area contributed by atoms with Crippen LogP contribution in [0.15, 0.2) is 0 Å². The van der Waals surface area contributed by atoms with E-state index in [9.17, 15) is 0 Å². The normalized spacial score (nSPS) is 9.19. The molecule has 1 N–H and O–H groups in total. The third kappa shape index (κ3) is 23.3. The third-order valence-corrected chi connectivity index (χ3v) is 1.76. The molecule has 0 aromatic carbocycles. The van der Waals surface area contributed by atoms with Crippen molar-refractivity contribution in [2.45, 2.75) is 19.8 Å². The molecule has 0 unspecified atom stereocenters. The first-order chi connectivity index (χ1) is 6.85. The smallest absolute Gasteiger partial charge is 0.102 e. The Morgan fingerprint density at radius 3 is 2.19 bits per heavy atom. The number of aliphatic hydroxyl groups is 1. The van der Waals surface area contributed by atoms with Crippen LogP contribution in [-0.4, -0.2) is 49.4 Å². The number of carboxylic acids is 1. The molecule has 0 aromatic rings. The van der Waals surface area contributed by atoms with Gasteiger partial charge in [0.25, 0.3) is 0 Å². The SMILES string of the molecule is Br.CC(=O)[O-].C[N+](C)(CCO)CCCC#N. The van der Waals surface area contributed by atoms with Crippen LogP contribution in [0.5, 0.6) is 0 Å². The van der Waals surface area contributed by atoms with Gasteiger partial charge in [0.2, 0.25) is 0 Å². The van der Waals surface area contributed by atoms with Gasteiger partial charge in [-0.25, -0.2) is 0 Å². The number of rotatable bonds is 5. The van der Waals surface area contributed by atoms with Gasteiger partial charge in [-0.15, -0.1) is 17.0 Å². The van der Waals surface area contributed by atoms with Gasteiger partial charge in [0.05, 0.1) is 33.3 Å². The number of aliphatic carboxylic acids is 1. The maximum Gasteiger partial charge on any atom is 0.102 e. The topological polar surface area (TPSA) is 84.2 Å². The summed E-state index contributed by atoms with van der Waals surface area (Å²) in [5.41, 5.74) is 0. The second-order valence-electron chi connectivity index (χ2n) is 3.86. The highest BCUT2D eigenvalue weighted by atomic mass is 79.9. The molecule has 16 heavy (non-hydrogen) atoms. The molecule has 0 bridgehead atoms. The molecule has 0 saturated carbocycles. The maximum absolute atomic E-state index is 8.89. The van der Waals surface area contributed by atoms with Crippen LogP contribution in [0.4, 0.5) is 0 Å². The monoisotopic (exact) mass is 296 g/mol. The number of nitriles is 1. The second-order valence-corrected chi connectivity index (χ2v) is 3.86. The number of carbonyl (C=O) groups is 1. The van der Waals surface area contributed by atoms with Gasteiger partial charge in [-0.2, -0.15) is 5.26 Å². The van der Waals surface area contributed by atoms with Crippen molar-refractivity contribution >= 4 is 23.0 Å². The molecule has 0 aromatic heterocycles. The Labute approximate surface area is 108 Å². The van der Waals surface area contributed by atoms with E-state index in [-0.39, 0.29) is 23.6 Å². The second kappa shape index (κ2) is 12.4. The number of quaternary nitrogens is 1. The van der Waals surface area contributed by atoms with E-state index in [0.29, 0.717) is 6.42 Å². The molecule has 0 radical (unpaired) electrons. The number of nitrogens with zero attached hydrogens (tertiary/aromatic N) is 2. The summed E-state index contributed by atoms with van der Waals surface area (Å²) in [5.74, 6) is -1.08. The Hall–Kier alpha value is -0.640. The van der Waals surface area contributed by atoms with Crippen molar-refractivity contribution in [3.8, 4) is 6.07 Å². The minimum Gasteiger partial charge on any atom is -0.550 e. The predicted molar refractivity (Wildman–Crippen MR) is 64.8 cm³/mol. The Morgan fingerprint density at radius 2 is 1.88 bits per heavy atom. The molecule has 0 fully saturated rings. The van der Waals surface area contributed by atoms with Crippen molar-refractivity contribution in [3.05, 3.63) is 0 Å². The summed E-state index contributed by atoms with van der Waals surface area (Å²) < 4.78 is 0.804. The largest absolute Gasteiger partial charge is 0.550 e. The van der Waals surface area contributed by atoms with Crippen molar-refractivity contribution in [1.29, 1.82) is 5.26 Å². The van der Waals surface area contributed by atoms with Gasteiger partial charge >= 0.3 is 0 Å². The van der Waals surface area contributed by atoms with Crippen LogP contribution in [0.1, 0.15) is 19.8 Å². The zero-order chi connectivity index (χ0) is 12.3. The lowest BCUT2D eigenvalue weighted by atomic mass is 10.3. The van der Waals surface area contributed by atoms with Gasteiger partial charge in [-0.1, -0.05) is 0 Å². The van der Waals surface area contributed by atoms with E-state index in [0.717, 1.165) is 30.9 Å². The number of aliphatic hydroxyl groups excluding tert-OH is 1. The van der Waals surface area contributed by atoms with Crippen LogP contribution >= 0.6 is 17.0 Å². The quantitative estimate of drug-likeness (QED) is 0.557. The molecule has 0 aliphatic rings. The first-order valence-corrected chi connectivity index (χ1v) is 4.83. The first-order valence-electron chi connectivity index (χ1n) is 4.83. The van der Waals surface area contributed by atoms with Gasteiger partial charge in [-0.05, 0) is 6.92 Å². The van der Waals surface area contributed by atoms with Gasteiger partial charge < -0.3 is 19.5 Å². The molecule has 0 aliphatic heterocycles. The fourth-order valence-corrected chi connectivity index (χ4v) is 0.969. The molecule has 0 amide bonds. The minimum atomic E-state index is -1.08. The van der Waals surface area contributed by atoms with Crippen LogP contribution in [0.2, 0.25) is 0 Å². The standard InChI is InChI=1S/C8H17N2O.C2H4O2.BrH/c1-10(2,7-8-11)6-4-3-5-9;1-2(3)4;/h11H,3-4,6-8H2,1-2H3;1H3,(H,3,4);1H/q+1;;/p-1. The number of carbonyl (C=O) groups excluding carboxylic acids is 1. The van der Waals surface area contributed by atoms with E-state index in [4.69, 9.17) is 20.3 Å². The molecule has 0 rings (SSSR count). The van der Waals surface area contributed by atoms with E-state index in [2.05, 4.69) is 20.2 Å². The highest BCUT2D eigenvalue weighted by Gasteiger charge is 2.12. The summed E-state index contributed by atoms with van der Waals surface area (Å²) >= 11 is 0. The molecular weight excluding hydrogens is 276 g/mol. The molecule has 5 nitrogen and oxygen atoms in total. The fraction of sp³-hybridized carbons (Fsp3) is 0.800. The maximum atomic E-state index is 8.89. The zero-order valence-electron chi connectivity index (χ0n) is 10.1. The number of hydrogen-bond donors (Lipinski definition) is 1. The van der Waals surface area contributed by atoms with E-state index < -0.39 is 5.97 Å². The number of likely N-dealkylation sites (N-methyl/N-ethyl adjacent to an activating group) is 1. The van der Waals surface area contributed by atoms with Crippen LogP contribution < -0.4 is 5.11 Å². The lowest BCUT2D eigenvalue weighted by molar-refractivity contribution is -0.890. The molecule has 0 spiro atoms. The highest BCUT2D eigenvalue weighted by Crippen LogP contribution is 1.99. The van der Waals surface area contributed by atoms with Gasteiger partial charge in [-0.3, -0.25) is 0 Å². The third-order valence-electron chi connectivity index (χ3n) is 1.76. The molecular formula is C10H21BrN2O3. The molecule has 0 atom stereocenters. The van der Waals surface area contributed by atoms with Crippen molar-refractivity contribution in [3.63, 3.8) is 0 Å². The first kappa shape index (κ1) is 20.7. The average molecular weight is 297 g/mol. The summed E-state index contributed by atoms with van der Waals surface area (Å²) in [4.78, 5) is 8.89. The van der Waals surface area contributed by atoms with Gasteiger partial charge in [0.15, 0.2) is 0 Å². The van der Waals surface area contributed by atoms with E-state index in [1.165, 1.54) is 0 Å². The molecule has 0 saturated heterocycles. The number of hydrogen-bond acceptors (Lipinski definition) is 4. The van der Waals surface area contributed by atoms with Gasteiger partial charge in [0, 0.05) is 18.8 Å². The van der Waals surface area contributed by atoms with Crippen LogP contribution in [0, 0.1) is 11.3 Å². The summed E-state index contributed by atoms with van der Waals surface area (Å²) in [6.07, 6.45) is 1.54. The summed E-state index contributed by atoms with van der Waals surface area (Å²) in [7, 11) is 4.13. The Bertz CT molecular complexity index is 211. The lowest BCUT2D eigenvalue weighted by Gasteiger charge is -2.28. The number of unbranched alkanes of at least 4 members (excludes halogenated alkanes) is 1. The fourth-order valence-electron chi connectivity index (χ4n) is 0.969. The summed E-state index contributed by atoms with van der Waals surface area (Å²) in [6, 6.07) is 2.11. The summed E-state index contributed by atoms with van der Waals surface area (Å²) in [5, 5.41) is 25.9. The number of halogens is 1. The van der Waals surface area contributed by atoms with Crippen molar-refractivity contribution in [2.24, 2.45) is 0 Å². The average Bonchev–Trinajstić information content (AvgIpc) is 2.03. The molecule has 0 heterocycles. The minimum absolute atomic E-state index is 0. The Morgan fingerprint density at radius 1 is 1.44 bits per heavy atom. The van der Waals surface area contributed by atoms with E-state index in [1.54, 1.807) is 0 Å². The van der Waals surface area contributed by atoms with E-state index in [1.807, 2.05) is 0 Å².